The number of hydrogen-bond donors (Lipinski definition) is 2. The first-order chi connectivity index (χ1) is 10.5. The second kappa shape index (κ2) is 12.4. The molecule has 4 heteroatoms. The highest BCUT2D eigenvalue weighted by molar-refractivity contribution is 5.85. The second-order valence-corrected chi connectivity index (χ2v) is 6.58. The van der Waals surface area contributed by atoms with Gasteiger partial charge in [0, 0.05) is 6.42 Å². The summed E-state index contributed by atoms with van der Waals surface area (Å²) >= 11 is 0. The van der Waals surface area contributed by atoms with Crippen LogP contribution in [0, 0.1) is 5.92 Å². The molecule has 1 aromatic carbocycles. The van der Waals surface area contributed by atoms with E-state index in [9.17, 15) is 4.79 Å². The summed E-state index contributed by atoms with van der Waals surface area (Å²) in [6, 6.07) is 8.67. The molecule has 1 amide bonds. The Hall–Kier alpha value is -1.06. The predicted molar refractivity (Wildman–Crippen MR) is 101 cm³/mol. The summed E-state index contributed by atoms with van der Waals surface area (Å²) in [7, 11) is 0. The average Bonchev–Trinajstić information content (AvgIpc) is 2.47. The van der Waals surface area contributed by atoms with Crippen LogP contribution in [-0.4, -0.2) is 12.5 Å². The van der Waals surface area contributed by atoms with Crippen LogP contribution in [0.3, 0.4) is 0 Å². The molecule has 0 spiro atoms. The fourth-order valence-corrected chi connectivity index (χ4v) is 2.59. The third-order valence-corrected chi connectivity index (χ3v) is 3.86. The van der Waals surface area contributed by atoms with Crippen LogP contribution in [0.2, 0.25) is 0 Å². The van der Waals surface area contributed by atoms with Crippen LogP contribution < -0.4 is 11.1 Å². The molecular formula is C19H33ClN2O. The Morgan fingerprint density at radius 1 is 1.04 bits per heavy atom. The van der Waals surface area contributed by atoms with E-state index in [1.165, 1.54) is 11.1 Å². The first kappa shape index (κ1) is 21.9. The van der Waals surface area contributed by atoms with Gasteiger partial charge in [-0.2, -0.15) is 0 Å². The van der Waals surface area contributed by atoms with E-state index in [2.05, 4.69) is 43.4 Å². The van der Waals surface area contributed by atoms with Crippen LogP contribution in [0.5, 0.6) is 0 Å². The number of benzene rings is 1. The summed E-state index contributed by atoms with van der Waals surface area (Å²) < 4.78 is 0. The lowest BCUT2D eigenvalue weighted by Crippen LogP contribution is -2.26. The molecule has 0 aliphatic carbocycles. The molecule has 0 aliphatic heterocycles. The van der Waals surface area contributed by atoms with E-state index in [1.54, 1.807) is 0 Å². The minimum Gasteiger partial charge on any atom is -0.350 e. The number of halogens is 1. The fourth-order valence-electron chi connectivity index (χ4n) is 2.59. The molecule has 0 saturated heterocycles. The van der Waals surface area contributed by atoms with Crippen LogP contribution in [-0.2, 0) is 11.2 Å². The number of carbonyl (C=O) groups excluding carboxylic acids is 1. The van der Waals surface area contributed by atoms with E-state index in [4.69, 9.17) is 5.73 Å². The van der Waals surface area contributed by atoms with Crippen molar-refractivity contribution < 1.29 is 4.79 Å². The van der Waals surface area contributed by atoms with Gasteiger partial charge in [0.2, 0.25) is 5.91 Å². The lowest BCUT2D eigenvalue weighted by molar-refractivity contribution is -0.121. The lowest BCUT2D eigenvalue weighted by Gasteiger charge is -2.15. The zero-order valence-corrected chi connectivity index (χ0v) is 15.6. The number of unbranched alkanes of at least 4 members (excludes halogenated alkanes) is 3. The topological polar surface area (TPSA) is 55.1 Å². The predicted octanol–water partition coefficient (Wildman–Crippen LogP) is 4.39. The number of rotatable bonds is 10. The first-order valence-electron chi connectivity index (χ1n) is 8.61. The molecule has 1 rings (SSSR count). The molecular weight excluding hydrogens is 308 g/mol. The Morgan fingerprint density at radius 3 is 2.22 bits per heavy atom. The highest BCUT2D eigenvalue weighted by Crippen LogP contribution is 2.16. The molecule has 0 saturated carbocycles. The van der Waals surface area contributed by atoms with Gasteiger partial charge < -0.3 is 11.1 Å². The molecule has 23 heavy (non-hydrogen) atoms. The number of carbonyl (C=O) groups is 1. The van der Waals surface area contributed by atoms with Gasteiger partial charge in [0.1, 0.15) is 0 Å². The van der Waals surface area contributed by atoms with Gasteiger partial charge in [-0.3, -0.25) is 4.79 Å². The molecule has 3 N–H and O–H groups in total. The maximum Gasteiger partial charge on any atom is 0.220 e. The normalized spacial score (nSPS) is 11.9. The molecule has 1 atom stereocenters. The van der Waals surface area contributed by atoms with E-state index >= 15 is 0 Å². The molecule has 0 heterocycles. The van der Waals surface area contributed by atoms with Crippen LogP contribution in [0.25, 0.3) is 0 Å². The Bertz CT molecular complexity index is 432. The Morgan fingerprint density at radius 2 is 1.65 bits per heavy atom. The molecule has 0 radical (unpaired) electrons. The molecule has 0 fully saturated rings. The Kier molecular flexibility index (Phi) is 11.8. The Labute approximate surface area is 147 Å². The van der Waals surface area contributed by atoms with E-state index in [0.29, 0.717) is 12.3 Å². The smallest absolute Gasteiger partial charge is 0.220 e. The monoisotopic (exact) mass is 340 g/mol. The van der Waals surface area contributed by atoms with Gasteiger partial charge in [-0.25, -0.2) is 0 Å². The van der Waals surface area contributed by atoms with Crippen LogP contribution >= 0.6 is 12.4 Å². The first-order valence-corrected chi connectivity index (χ1v) is 8.61. The van der Waals surface area contributed by atoms with Crippen LogP contribution in [0.1, 0.15) is 70.0 Å². The van der Waals surface area contributed by atoms with Crippen molar-refractivity contribution in [2.75, 3.05) is 6.54 Å². The minimum atomic E-state index is 0. The van der Waals surface area contributed by atoms with Crippen LogP contribution in [0.4, 0.5) is 0 Å². The number of amides is 1. The van der Waals surface area contributed by atoms with Crippen molar-refractivity contribution in [1.82, 2.24) is 5.32 Å². The Balaban J connectivity index is 0.00000484. The fraction of sp³-hybridized carbons (Fsp3) is 0.632. The van der Waals surface area contributed by atoms with Gasteiger partial charge in [-0.15, -0.1) is 12.4 Å². The van der Waals surface area contributed by atoms with Crippen molar-refractivity contribution in [1.29, 1.82) is 0 Å². The highest BCUT2D eigenvalue weighted by atomic mass is 35.5. The van der Waals surface area contributed by atoms with E-state index < -0.39 is 0 Å². The summed E-state index contributed by atoms with van der Waals surface area (Å²) in [5.74, 6) is 0.814. The van der Waals surface area contributed by atoms with E-state index in [0.717, 1.165) is 38.6 Å². The largest absolute Gasteiger partial charge is 0.350 e. The standard InChI is InChI=1S/C19H32N2O.ClH/c1-15(2)14-17-9-11-18(12-10-17)16(3)21-19(22)8-6-4-5-7-13-20;/h9-12,15-16H,4-8,13-14,20H2,1-3H3,(H,21,22);1H. The van der Waals surface area contributed by atoms with Gasteiger partial charge in [-0.05, 0) is 49.8 Å². The number of nitrogens with one attached hydrogen (secondary N) is 1. The zero-order chi connectivity index (χ0) is 16.4. The van der Waals surface area contributed by atoms with Crippen molar-refractivity contribution in [3.8, 4) is 0 Å². The summed E-state index contributed by atoms with van der Waals surface area (Å²) in [6.45, 7) is 7.24. The minimum absolute atomic E-state index is 0. The zero-order valence-electron chi connectivity index (χ0n) is 14.8. The van der Waals surface area contributed by atoms with Gasteiger partial charge in [-0.1, -0.05) is 51.0 Å². The van der Waals surface area contributed by atoms with Gasteiger partial charge in [0.15, 0.2) is 0 Å². The van der Waals surface area contributed by atoms with Gasteiger partial charge >= 0.3 is 0 Å². The van der Waals surface area contributed by atoms with Crippen molar-refractivity contribution >= 4 is 18.3 Å². The third-order valence-electron chi connectivity index (χ3n) is 3.86. The van der Waals surface area contributed by atoms with Gasteiger partial charge in [0.25, 0.3) is 0 Å². The maximum atomic E-state index is 11.9. The summed E-state index contributed by atoms with van der Waals surface area (Å²) in [4.78, 5) is 11.9. The maximum absolute atomic E-state index is 11.9. The SMILES string of the molecule is CC(C)Cc1ccc(C(C)NC(=O)CCCCCCN)cc1.Cl. The molecule has 0 bridgehead atoms. The highest BCUT2D eigenvalue weighted by Gasteiger charge is 2.09. The quantitative estimate of drug-likeness (QED) is 0.620. The summed E-state index contributed by atoms with van der Waals surface area (Å²) in [5.41, 5.74) is 7.99. The molecule has 1 unspecified atom stereocenters. The molecule has 1 aromatic rings. The van der Waals surface area contributed by atoms with E-state index in [-0.39, 0.29) is 24.4 Å². The van der Waals surface area contributed by atoms with E-state index in [1.807, 2.05) is 6.92 Å². The summed E-state index contributed by atoms with van der Waals surface area (Å²) in [5, 5.41) is 3.08. The van der Waals surface area contributed by atoms with Crippen molar-refractivity contribution in [3.63, 3.8) is 0 Å². The number of nitrogens with two attached hydrogens (primary N) is 1. The summed E-state index contributed by atoms with van der Waals surface area (Å²) in [6.07, 6.45) is 5.93. The average molecular weight is 341 g/mol. The number of hydrogen-bond acceptors (Lipinski definition) is 2. The molecule has 0 aliphatic rings. The van der Waals surface area contributed by atoms with Crippen molar-refractivity contribution in [3.05, 3.63) is 35.4 Å². The molecule has 3 nitrogen and oxygen atoms in total. The van der Waals surface area contributed by atoms with Crippen LogP contribution in [0.15, 0.2) is 24.3 Å². The second-order valence-electron chi connectivity index (χ2n) is 6.58. The lowest BCUT2D eigenvalue weighted by atomic mass is 10.00. The molecule has 0 aromatic heterocycles. The third kappa shape index (κ3) is 9.62. The van der Waals surface area contributed by atoms with Crippen molar-refractivity contribution in [2.24, 2.45) is 11.7 Å². The molecule has 132 valence electrons. The van der Waals surface area contributed by atoms with Crippen molar-refractivity contribution in [2.45, 2.75) is 65.3 Å². The van der Waals surface area contributed by atoms with Gasteiger partial charge in [0.05, 0.1) is 6.04 Å².